The number of nitrogens with zero attached hydrogens (tertiary/aromatic N) is 2. The number of anilines is 1. The molecule has 0 atom stereocenters. The number of thiophene rings is 1. The van der Waals surface area contributed by atoms with Crippen molar-refractivity contribution in [1.82, 2.24) is 9.55 Å². The molecule has 0 spiro atoms. The fraction of sp³-hybridized carbons (Fsp3) is 0.0833. The quantitative estimate of drug-likeness (QED) is 0.760. The summed E-state index contributed by atoms with van der Waals surface area (Å²) in [5, 5.41) is 2.73. The average molecular weight is 343 g/mol. The van der Waals surface area contributed by atoms with Crippen LogP contribution in [0.25, 0.3) is 11.0 Å². The molecular formula is C12H9BrClN3S. The van der Waals surface area contributed by atoms with Gasteiger partial charge in [-0.25, -0.2) is 4.98 Å². The van der Waals surface area contributed by atoms with Crippen molar-refractivity contribution in [2.45, 2.75) is 6.54 Å². The second-order valence-corrected chi connectivity index (χ2v) is 6.17. The molecule has 0 fully saturated rings. The van der Waals surface area contributed by atoms with E-state index in [1.165, 1.54) is 4.88 Å². The second-order valence-electron chi connectivity index (χ2n) is 3.88. The van der Waals surface area contributed by atoms with Crippen LogP contribution in [0, 0.1) is 0 Å². The fourth-order valence-corrected chi connectivity index (χ4v) is 3.49. The largest absolute Gasteiger partial charge is 0.369 e. The van der Waals surface area contributed by atoms with Gasteiger partial charge in [0.1, 0.15) is 0 Å². The van der Waals surface area contributed by atoms with Crippen LogP contribution in [0.5, 0.6) is 0 Å². The minimum Gasteiger partial charge on any atom is -0.369 e. The molecule has 6 heteroatoms. The van der Waals surface area contributed by atoms with Crippen LogP contribution >= 0.6 is 38.9 Å². The number of hydrogen-bond acceptors (Lipinski definition) is 3. The van der Waals surface area contributed by atoms with Crippen molar-refractivity contribution in [3.8, 4) is 0 Å². The van der Waals surface area contributed by atoms with Gasteiger partial charge < -0.3 is 10.3 Å². The van der Waals surface area contributed by atoms with Gasteiger partial charge in [-0.05, 0) is 45.6 Å². The van der Waals surface area contributed by atoms with Crippen molar-refractivity contribution in [1.29, 1.82) is 0 Å². The molecule has 2 heterocycles. The average Bonchev–Trinajstić information content (AvgIpc) is 2.86. The molecule has 92 valence electrons. The van der Waals surface area contributed by atoms with Crippen LogP contribution in [0.1, 0.15) is 4.88 Å². The Morgan fingerprint density at radius 3 is 2.94 bits per heavy atom. The summed E-state index contributed by atoms with van der Waals surface area (Å²) < 4.78 is 3.06. The highest BCUT2D eigenvalue weighted by molar-refractivity contribution is 9.10. The molecule has 0 aliphatic carbocycles. The molecule has 2 aromatic heterocycles. The van der Waals surface area contributed by atoms with Crippen molar-refractivity contribution < 1.29 is 0 Å². The molecule has 3 nitrogen and oxygen atoms in total. The third-order valence-electron chi connectivity index (χ3n) is 2.73. The SMILES string of the molecule is Nc1nc2ccc(Cl)cc2n1Cc1sccc1Br. The lowest BCUT2D eigenvalue weighted by atomic mass is 10.3. The topological polar surface area (TPSA) is 43.8 Å². The zero-order chi connectivity index (χ0) is 12.7. The molecule has 3 rings (SSSR count). The summed E-state index contributed by atoms with van der Waals surface area (Å²) in [7, 11) is 0. The van der Waals surface area contributed by atoms with E-state index in [9.17, 15) is 0 Å². The smallest absolute Gasteiger partial charge is 0.201 e. The maximum absolute atomic E-state index is 6.02. The molecule has 0 unspecified atom stereocenters. The molecule has 0 radical (unpaired) electrons. The number of nitrogen functional groups attached to an aromatic ring is 1. The normalized spacial score (nSPS) is 11.2. The monoisotopic (exact) mass is 341 g/mol. The van der Waals surface area contributed by atoms with Crippen molar-refractivity contribution in [3.63, 3.8) is 0 Å². The Balaban J connectivity index is 2.13. The Labute approximate surface area is 121 Å². The van der Waals surface area contributed by atoms with Crippen LogP contribution in [0.3, 0.4) is 0 Å². The first-order valence-electron chi connectivity index (χ1n) is 5.28. The third-order valence-corrected chi connectivity index (χ3v) is 4.88. The molecule has 1 aromatic carbocycles. The number of benzene rings is 1. The first kappa shape index (κ1) is 12.0. The Morgan fingerprint density at radius 2 is 2.22 bits per heavy atom. The molecule has 0 amide bonds. The highest BCUT2D eigenvalue weighted by atomic mass is 79.9. The highest BCUT2D eigenvalue weighted by Crippen LogP contribution is 2.27. The highest BCUT2D eigenvalue weighted by Gasteiger charge is 2.11. The van der Waals surface area contributed by atoms with Crippen LogP contribution in [0.2, 0.25) is 5.02 Å². The van der Waals surface area contributed by atoms with Crippen LogP contribution in [0.4, 0.5) is 5.95 Å². The van der Waals surface area contributed by atoms with Gasteiger partial charge in [0, 0.05) is 14.4 Å². The van der Waals surface area contributed by atoms with E-state index in [1.54, 1.807) is 11.3 Å². The third kappa shape index (κ3) is 2.02. The Bertz CT molecular complexity index is 719. The Morgan fingerprint density at radius 1 is 1.39 bits per heavy atom. The lowest BCUT2D eigenvalue weighted by Crippen LogP contribution is -2.03. The van der Waals surface area contributed by atoms with Gasteiger partial charge in [0.15, 0.2) is 0 Å². The van der Waals surface area contributed by atoms with E-state index < -0.39 is 0 Å². The number of halogens is 2. The number of nitrogens with two attached hydrogens (primary N) is 1. The molecule has 2 N–H and O–H groups in total. The standard InChI is InChI=1S/C12H9BrClN3S/c13-8-3-4-18-11(8)6-17-10-5-7(14)1-2-9(10)16-12(17)15/h1-5H,6H2,(H2,15,16). The lowest BCUT2D eigenvalue weighted by molar-refractivity contribution is 0.850. The van der Waals surface area contributed by atoms with E-state index in [2.05, 4.69) is 20.9 Å². The predicted molar refractivity (Wildman–Crippen MR) is 80.3 cm³/mol. The number of imidazole rings is 1. The van der Waals surface area contributed by atoms with Crippen LogP contribution in [0.15, 0.2) is 34.1 Å². The summed E-state index contributed by atoms with van der Waals surface area (Å²) in [6.07, 6.45) is 0. The number of hydrogen-bond donors (Lipinski definition) is 1. The summed E-state index contributed by atoms with van der Waals surface area (Å²) in [6.45, 7) is 0.695. The number of fused-ring (bicyclic) bond motifs is 1. The number of aromatic nitrogens is 2. The van der Waals surface area contributed by atoms with E-state index in [4.69, 9.17) is 17.3 Å². The molecule has 0 saturated heterocycles. The van der Waals surface area contributed by atoms with Crippen molar-refractivity contribution in [2.24, 2.45) is 0 Å². The first-order chi connectivity index (χ1) is 8.65. The maximum atomic E-state index is 6.02. The van der Waals surface area contributed by atoms with E-state index in [-0.39, 0.29) is 0 Å². The Kier molecular flexibility index (Phi) is 3.05. The van der Waals surface area contributed by atoms with Gasteiger partial charge in [-0.3, -0.25) is 0 Å². The number of rotatable bonds is 2. The minimum atomic E-state index is 0.507. The van der Waals surface area contributed by atoms with E-state index >= 15 is 0 Å². The molecule has 0 bridgehead atoms. The van der Waals surface area contributed by atoms with E-state index in [0.29, 0.717) is 17.5 Å². The lowest BCUT2D eigenvalue weighted by Gasteiger charge is -2.05. The van der Waals surface area contributed by atoms with Gasteiger partial charge in [0.2, 0.25) is 5.95 Å². The molecule has 0 aliphatic rings. The predicted octanol–water partition coefficient (Wildman–Crippen LogP) is 4.14. The summed E-state index contributed by atoms with van der Waals surface area (Å²) >= 11 is 11.2. The summed E-state index contributed by atoms with van der Waals surface area (Å²) in [4.78, 5) is 5.55. The minimum absolute atomic E-state index is 0.507. The summed E-state index contributed by atoms with van der Waals surface area (Å²) in [5.41, 5.74) is 7.79. The first-order valence-corrected chi connectivity index (χ1v) is 7.33. The van der Waals surface area contributed by atoms with Crippen LogP contribution in [-0.4, -0.2) is 9.55 Å². The van der Waals surface area contributed by atoms with Gasteiger partial charge in [-0.2, -0.15) is 0 Å². The van der Waals surface area contributed by atoms with Crippen molar-refractivity contribution in [3.05, 3.63) is 44.0 Å². The van der Waals surface area contributed by atoms with Gasteiger partial charge in [0.25, 0.3) is 0 Å². The summed E-state index contributed by atoms with van der Waals surface area (Å²) in [6, 6.07) is 7.62. The second kappa shape index (κ2) is 4.57. The van der Waals surface area contributed by atoms with E-state index in [0.717, 1.165) is 15.5 Å². The van der Waals surface area contributed by atoms with Crippen molar-refractivity contribution in [2.75, 3.05) is 5.73 Å². The molecular weight excluding hydrogens is 334 g/mol. The van der Waals surface area contributed by atoms with Gasteiger partial charge in [-0.1, -0.05) is 11.6 Å². The van der Waals surface area contributed by atoms with Gasteiger partial charge in [-0.15, -0.1) is 11.3 Å². The van der Waals surface area contributed by atoms with Crippen molar-refractivity contribution >= 4 is 55.8 Å². The molecule has 0 aliphatic heterocycles. The summed E-state index contributed by atoms with van der Waals surface area (Å²) in [5.74, 6) is 0.507. The van der Waals surface area contributed by atoms with Crippen LogP contribution < -0.4 is 5.73 Å². The van der Waals surface area contributed by atoms with Crippen LogP contribution in [-0.2, 0) is 6.54 Å². The zero-order valence-corrected chi connectivity index (χ0v) is 12.4. The molecule has 3 aromatic rings. The van der Waals surface area contributed by atoms with Gasteiger partial charge >= 0.3 is 0 Å². The van der Waals surface area contributed by atoms with Gasteiger partial charge in [0.05, 0.1) is 17.6 Å². The molecule has 0 saturated carbocycles. The fourth-order valence-electron chi connectivity index (χ4n) is 1.86. The molecule has 18 heavy (non-hydrogen) atoms. The van der Waals surface area contributed by atoms with E-state index in [1.807, 2.05) is 34.2 Å². The maximum Gasteiger partial charge on any atom is 0.201 e. The zero-order valence-electron chi connectivity index (χ0n) is 9.23. The Hall–Kier alpha value is -1.04.